The van der Waals surface area contributed by atoms with Crippen LogP contribution in [0.2, 0.25) is 0 Å². The molecular weight excluding hydrogens is 357 g/mol. The average molecular weight is 377 g/mol. The Morgan fingerprint density at radius 1 is 1.27 bits per heavy atom. The first-order valence-corrected chi connectivity index (χ1v) is 9.41. The van der Waals surface area contributed by atoms with Crippen molar-refractivity contribution < 1.29 is 23.4 Å². The summed E-state index contributed by atoms with van der Waals surface area (Å²) in [5, 5.41) is 2.85. The molecule has 1 amide bonds. The summed E-state index contributed by atoms with van der Waals surface area (Å²) in [5.74, 6) is 2.34. The van der Waals surface area contributed by atoms with Crippen molar-refractivity contribution in [3.8, 4) is 17.2 Å². The van der Waals surface area contributed by atoms with E-state index >= 15 is 0 Å². The first-order valence-electron chi connectivity index (χ1n) is 8.26. The zero-order chi connectivity index (χ0) is 18.4. The van der Waals surface area contributed by atoms with Crippen LogP contribution in [-0.2, 0) is 5.75 Å². The summed E-state index contributed by atoms with van der Waals surface area (Å²) in [6.45, 7) is 1.37. The number of hydrogen-bond acceptors (Lipinski definition) is 5. The molecule has 5 nitrogen and oxygen atoms in total. The second kappa shape index (κ2) is 8.80. The number of ether oxygens (including phenoxy) is 3. The number of hydrogen-bond donors (Lipinski definition) is 1. The number of amides is 1. The molecule has 0 fully saturated rings. The Kier molecular flexibility index (Phi) is 6.22. The summed E-state index contributed by atoms with van der Waals surface area (Å²) in [7, 11) is 1.52. The first kappa shape index (κ1) is 18.4. The van der Waals surface area contributed by atoms with Gasteiger partial charge in [0.25, 0.3) is 5.91 Å². The number of thioether (sulfide) groups is 1. The molecule has 0 bridgehead atoms. The van der Waals surface area contributed by atoms with Crippen LogP contribution in [0.5, 0.6) is 17.2 Å². The van der Waals surface area contributed by atoms with Crippen LogP contribution in [0.3, 0.4) is 0 Å². The molecule has 138 valence electrons. The van der Waals surface area contributed by atoms with Crippen LogP contribution in [0.1, 0.15) is 15.9 Å². The van der Waals surface area contributed by atoms with E-state index in [1.165, 1.54) is 13.2 Å². The molecule has 2 aromatic carbocycles. The molecule has 1 aliphatic heterocycles. The van der Waals surface area contributed by atoms with Gasteiger partial charge in [0.05, 0.1) is 7.11 Å². The van der Waals surface area contributed by atoms with E-state index in [1.807, 2.05) is 6.07 Å². The molecule has 3 rings (SSSR count). The summed E-state index contributed by atoms with van der Waals surface area (Å²) in [5.41, 5.74) is 1.12. The monoisotopic (exact) mass is 377 g/mol. The van der Waals surface area contributed by atoms with Gasteiger partial charge in [0, 0.05) is 23.6 Å². The number of rotatable bonds is 7. The van der Waals surface area contributed by atoms with Crippen molar-refractivity contribution in [3.63, 3.8) is 0 Å². The Labute approximate surface area is 155 Å². The van der Waals surface area contributed by atoms with Crippen LogP contribution in [0.4, 0.5) is 4.39 Å². The summed E-state index contributed by atoms with van der Waals surface area (Å²) >= 11 is 1.56. The van der Waals surface area contributed by atoms with Crippen molar-refractivity contribution in [3.05, 3.63) is 53.3 Å². The minimum Gasteiger partial charge on any atom is -0.493 e. The van der Waals surface area contributed by atoms with Crippen molar-refractivity contribution in [2.24, 2.45) is 0 Å². The molecule has 2 aromatic rings. The van der Waals surface area contributed by atoms with Gasteiger partial charge in [-0.2, -0.15) is 11.8 Å². The lowest BCUT2D eigenvalue weighted by molar-refractivity contribution is 0.0954. The lowest BCUT2D eigenvalue weighted by Gasteiger charge is -2.21. The summed E-state index contributed by atoms with van der Waals surface area (Å²) < 4.78 is 29.9. The number of carbonyl (C=O) groups excluding carboxylic acids is 1. The predicted octanol–water partition coefficient (Wildman–Crippen LogP) is 3.27. The molecule has 7 heteroatoms. The van der Waals surface area contributed by atoms with Crippen molar-refractivity contribution >= 4 is 17.7 Å². The normalized spacial score (nSPS) is 12.5. The fourth-order valence-electron chi connectivity index (χ4n) is 2.54. The highest BCUT2D eigenvalue weighted by atomic mass is 32.2. The highest BCUT2D eigenvalue weighted by molar-refractivity contribution is 7.98. The largest absolute Gasteiger partial charge is 0.493 e. The summed E-state index contributed by atoms with van der Waals surface area (Å²) in [6.07, 6.45) is 0. The number of carbonyl (C=O) groups is 1. The van der Waals surface area contributed by atoms with Crippen LogP contribution in [-0.4, -0.2) is 38.5 Å². The SMILES string of the molecule is COc1cc(C(=O)NCCSCc2ccccc2F)cc2c1OCCO2. The Morgan fingerprint density at radius 3 is 2.88 bits per heavy atom. The topological polar surface area (TPSA) is 56.8 Å². The zero-order valence-corrected chi connectivity index (χ0v) is 15.2. The van der Waals surface area contributed by atoms with Crippen LogP contribution < -0.4 is 19.5 Å². The summed E-state index contributed by atoms with van der Waals surface area (Å²) in [6, 6.07) is 9.99. The van der Waals surface area contributed by atoms with E-state index in [2.05, 4.69) is 5.32 Å². The van der Waals surface area contributed by atoms with Crippen LogP contribution in [0.25, 0.3) is 0 Å². The number of benzene rings is 2. The Bertz CT molecular complexity index is 767. The fraction of sp³-hybridized carbons (Fsp3) is 0.316. The molecule has 1 heterocycles. The molecule has 0 radical (unpaired) electrons. The van der Waals surface area contributed by atoms with E-state index < -0.39 is 0 Å². The highest BCUT2D eigenvalue weighted by Crippen LogP contribution is 2.40. The van der Waals surface area contributed by atoms with Crippen molar-refractivity contribution in [2.75, 3.05) is 32.6 Å². The van der Waals surface area contributed by atoms with Crippen LogP contribution in [0.15, 0.2) is 36.4 Å². The average Bonchev–Trinajstić information content (AvgIpc) is 2.68. The zero-order valence-electron chi connectivity index (χ0n) is 14.4. The minimum atomic E-state index is -0.216. The maximum Gasteiger partial charge on any atom is 0.251 e. The molecule has 1 N–H and O–H groups in total. The molecule has 1 aliphatic rings. The van der Waals surface area contributed by atoms with Gasteiger partial charge < -0.3 is 19.5 Å². The standard InChI is InChI=1S/C19H20FNO4S/c1-23-16-10-14(11-17-18(16)25-8-7-24-17)19(22)21-6-9-26-12-13-4-2-3-5-15(13)20/h2-5,10-11H,6-9,12H2,1H3,(H,21,22). The lowest BCUT2D eigenvalue weighted by Crippen LogP contribution is -2.26. The van der Waals surface area contributed by atoms with Crippen molar-refractivity contribution in [2.45, 2.75) is 5.75 Å². The van der Waals surface area contributed by atoms with E-state index in [-0.39, 0.29) is 11.7 Å². The first-order chi connectivity index (χ1) is 12.7. The summed E-state index contributed by atoms with van der Waals surface area (Å²) in [4.78, 5) is 12.4. The lowest BCUT2D eigenvalue weighted by atomic mass is 10.1. The van der Waals surface area contributed by atoms with E-state index in [1.54, 1.807) is 36.0 Å². The van der Waals surface area contributed by atoms with Gasteiger partial charge in [-0.15, -0.1) is 0 Å². The third kappa shape index (κ3) is 4.40. The molecule has 0 aliphatic carbocycles. The molecule has 0 spiro atoms. The van der Waals surface area contributed by atoms with Gasteiger partial charge in [-0.3, -0.25) is 4.79 Å². The van der Waals surface area contributed by atoms with Crippen LogP contribution >= 0.6 is 11.8 Å². The smallest absolute Gasteiger partial charge is 0.251 e. The molecule has 0 aromatic heterocycles. The third-order valence-electron chi connectivity index (χ3n) is 3.84. The van der Waals surface area contributed by atoms with Gasteiger partial charge in [-0.05, 0) is 23.8 Å². The van der Waals surface area contributed by atoms with Gasteiger partial charge in [-0.1, -0.05) is 18.2 Å². The Hall–Kier alpha value is -2.41. The molecule has 0 unspecified atom stereocenters. The fourth-order valence-corrected chi connectivity index (χ4v) is 3.39. The van der Waals surface area contributed by atoms with E-state index in [0.29, 0.717) is 59.6 Å². The molecule has 26 heavy (non-hydrogen) atoms. The number of halogens is 1. The Balaban J connectivity index is 1.51. The number of fused-ring (bicyclic) bond motifs is 1. The highest BCUT2D eigenvalue weighted by Gasteiger charge is 2.20. The minimum absolute atomic E-state index is 0.201. The molecular formula is C19H20FNO4S. The van der Waals surface area contributed by atoms with Gasteiger partial charge >= 0.3 is 0 Å². The van der Waals surface area contributed by atoms with Gasteiger partial charge in [0.1, 0.15) is 19.0 Å². The second-order valence-corrected chi connectivity index (χ2v) is 6.71. The number of methoxy groups -OCH3 is 1. The molecule has 0 saturated heterocycles. The van der Waals surface area contributed by atoms with Crippen molar-refractivity contribution in [1.82, 2.24) is 5.32 Å². The Morgan fingerprint density at radius 2 is 2.08 bits per heavy atom. The second-order valence-electron chi connectivity index (χ2n) is 5.60. The third-order valence-corrected chi connectivity index (χ3v) is 4.85. The van der Waals surface area contributed by atoms with Gasteiger partial charge in [0.15, 0.2) is 11.5 Å². The van der Waals surface area contributed by atoms with Gasteiger partial charge in [-0.25, -0.2) is 4.39 Å². The van der Waals surface area contributed by atoms with E-state index in [9.17, 15) is 9.18 Å². The van der Waals surface area contributed by atoms with Gasteiger partial charge in [0.2, 0.25) is 5.75 Å². The number of nitrogens with one attached hydrogen (secondary N) is 1. The quantitative estimate of drug-likeness (QED) is 0.751. The van der Waals surface area contributed by atoms with E-state index in [4.69, 9.17) is 14.2 Å². The van der Waals surface area contributed by atoms with Crippen molar-refractivity contribution in [1.29, 1.82) is 0 Å². The van der Waals surface area contributed by atoms with Crippen LogP contribution in [0, 0.1) is 5.82 Å². The maximum absolute atomic E-state index is 13.5. The maximum atomic E-state index is 13.5. The molecule has 0 atom stereocenters. The predicted molar refractivity (Wildman–Crippen MR) is 98.9 cm³/mol. The van der Waals surface area contributed by atoms with E-state index in [0.717, 1.165) is 0 Å². The molecule has 0 saturated carbocycles.